The summed E-state index contributed by atoms with van der Waals surface area (Å²) in [7, 11) is 0. The number of thioether (sulfide) groups is 1. The van der Waals surface area contributed by atoms with Crippen LogP contribution < -0.4 is 4.90 Å². The van der Waals surface area contributed by atoms with Crippen molar-refractivity contribution in [3.05, 3.63) is 40.6 Å². The van der Waals surface area contributed by atoms with Crippen molar-refractivity contribution in [2.45, 2.75) is 25.8 Å². The first-order valence-corrected chi connectivity index (χ1v) is 9.82. The van der Waals surface area contributed by atoms with Gasteiger partial charge in [-0.1, -0.05) is 24.0 Å². The van der Waals surface area contributed by atoms with Crippen LogP contribution in [0.15, 0.2) is 32.1 Å². The number of furan rings is 1. The Bertz CT molecular complexity index is 936. The maximum atomic E-state index is 12.7. The van der Waals surface area contributed by atoms with E-state index >= 15 is 0 Å². The van der Waals surface area contributed by atoms with Crippen LogP contribution in [-0.2, 0) is 11.3 Å². The van der Waals surface area contributed by atoms with E-state index in [0.717, 1.165) is 25.9 Å². The Morgan fingerprint density at radius 3 is 2.89 bits per heavy atom. The number of amides is 1. The number of piperidine rings is 1. The predicted octanol–water partition coefficient (Wildman–Crippen LogP) is 3.53. The lowest BCUT2D eigenvalue weighted by Crippen LogP contribution is -2.29. The Labute approximate surface area is 165 Å². The van der Waals surface area contributed by atoms with Crippen molar-refractivity contribution in [2.24, 2.45) is 0 Å². The predicted molar refractivity (Wildman–Crippen MR) is 105 cm³/mol. The van der Waals surface area contributed by atoms with Gasteiger partial charge in [0.15, 0.2) is 0 Å². The lowest BCUT2D eigenvalue weighted by molar-refractivity contribution is -0.122. The number of hydrogen-bond donors (Lipinski definition) is 0. The van der Waals surface area contributed by atoms with Crippen LogP contribution in [0, 0.1) is 11.3 Å². The second kappa shape index (κ2) is 7.58. The standard InChI is InChI=1S/C18H16N4O3S2/c19-10-13-17(21-6-2-1-3-7-21)25-15(20-13)9-14-16(23)22(18(26)27-14)11-12-5-4-8-24-12/h4-5,8-9H,1-3,6-7,11H2. The number of oxazole rings is 1. The molecule has 2 saturated heterocycles. The fraction of sp³-hybridized carbons (Fsp3) is 0.333. The summed E-state index contributed by atoms with van der Waals surface area (Å²) in [5, 5.41) is 9.37. The SMILES string of the molecule is N#Cc1nc(C=C2SC(=S)N(Cc3ccco3)C2=O)oc1N1CCCCC1. The molecule has 2 aromatic rings. The van der Waals surface area contributed by atoms with E-state index in [0.29, 0.717) is 20.9 Å². The Morgan fingerprint density at radius 2 is 2.19 bits per heavy atom. The molecular formula is C18H16N4O3S2. The highest BCUT2D eigenvalue weighted by molar-refractivity contribution is 8.26. The number of aromatic nitrogens is 1. The Morgan fingerprint density at radius 1 is 1.37 bits per heavy atom. The van der Waals surface area contributed by atoms with Gasteiger partial charge in [0, 0.05) is 19.2 Å². The summed E-state index contributed by atoms with van der Waals surface area (Å²) in [6.07, 6.45) is 6.41. The third-order valence-corrected chi connectivity index (χ3v) is 5.77. The Balaban J connectivity index is 1.56. The van der Waals surface area contributed by atoms with Gasteiger partial charge in [-0.25, -0.2) is 0 Å². The zero-order valence-electron chi connectivity index (χ0n) is 14.4. The third kappa shape index (κ3) is 3.63. The minimum atomic E-state index is -0.224. The fourth-order valence-corrected chi connectivity index (χ4v) is 4.30. The minimum absolute atomic E-state index is 0.224. The van der Waals surface area contributed by atoms with Gasteiger partial charge in [0.2, 0.25) is 17.5 Å². The number of carbonyl (C=O) groups excluding carboxylic acids is 1. The molecule has 2 fully saturated rings. The molecule has 27 heavy (non-hydrogen) atoms. The van der Waals surface area contributed by atoms with Gasteiger partial charge in [0.1, 0.15) is 16.2 Å². The quantitative estimate of drug-likeness (QED) is 0.569. The van der Waals surface area contributed by atoms with Gasteiger partial charge in [0.05, 0.1) is 17.7 Å². The number of nitriles is 1. The number of carbonyl (C=O) groups is 1. The second-order valence-corrected chi connectivity index (χ2v) is 7.89. The van der Waals surface area contributed by atoms with Crippen molar-refractivity contribution in [3.8, 4) is 6.07 Å². The van der Waals surface area contributed by atoms with Crippen LogP contribution in [0.3, 0.4) is 0 Å². The van der Waals surface area contributed by atoms with Crippen molar-refractivity contribution >= 4 is 46.2 Å². The van der Waals surface area contributed by atoms with E-state index in [1.807, 2.05) is 4.90 Å². The topological polar surface area (TPSA) is 86.5 Å². The molecule has 4 rings (SSSR count). The lowest BCUT2D eigenvalue weighted by atomic mass is 10.1. The highest BCUT2D eigenvalue weighted by Gasteiger charge is 2.33. The molecule has 0 aliphatic carbocycles. The molecule has 138 valence electrons. The molecule has 0 bridgehead atoms. The van der Waals surface area contributed by atoms with Crippen molar-refractivity contribution in [1.29, 1.82) is 5.26 Å². The summed E-state index contributed by atoms with van der Waals surface area (Å²) in [5.41, 5.74) is 0.245. The highest BCUT2D eigenvalue weighted by atomic mass is 32.2. The number of hydrogen-bond acceptors (Lipinski definition) is 8. The third-order valence-electron chi connectivity index (χ3n) is 4.40. The molecular weight excluding hydrogens is 384 g/mol. The van der Waals surface area contributed by atoms with Gasteiger partial charge >= 0.3 is 0 Å². The molecule has 0 atom stereocenters. The van der Waals surface area contributed by atoms with Crippen LogP contribution in [0.4, 0.5) is 5.88 Å². The monoisotopic (exact) mass is 400 g/mol. The van der Waals surface area contributed by atoms with Crippen LogP contribution >= 0.6 is 24.0 Å². The second-order valence-electron chi connectivity index (χ2n) is 6.21. The maximum Gasteiger partial charge on any atom is 0.266 e. The van der Waals surface area contributed by atoms with E-state index in [1.165, 1.54) is 23.1 Å². The van der Waals surface area contributed by atoms with Crippen molar-refractivity contribution in [2.75, 3.05) is 18.0 Å². The molecule has 0 aromatic carbocycles. The summed E-state index contributed by atoms with van der Waals surface area (Å²) < 4.78 is 11.5. The first kappa shape index (κ1) is 17.8. The molecule has 1 amide bonds. The van der Waals surface area contributed by atoms with Gasteiger partial charge in [-0.2, -0.15) is 10.2 Å². The van der Waals surface area contributed by atoms with Gasteiger partial charge < -0.3 is 13.7 Å². The lowest BCUT2D eigenvalue weighted by Gasteiger charge is -2.25. The average molecular weight is 400 g/mol. The van der Waals surface area contributed by atoms with E-state index in [2.05, 4.69) is 11.1 Å². The summed E-state index contributed by atoms with van der Waals surface area (Å²) in [6.45, 7) is 1.96. The van der Waals surface area contributed by atoms with E-state index in [-0.39, 0.29) is 24.0 Å². The summed E-state index contributed by atoms with van der Waals surface area (Å²) in [4.78, 5) is 20.8. The van der Waals surface area contributed by atoms with Crippen molar-refractivity contribution in [1.82, 2.24) is 9.88 Å². The molecule has 0 spiro atoms. The minimum Gasteiger partial charge on any atom is -0.467 e. The maximum absolute atomic E-state index is 12.7. The largest absolute Gasteiger partial charge is 0.467 e. The normalized spacial score (nSPS) is 19.1. The van der Waals surface area contributed by atoms with Crippen molar-refractivity contribution in [3.63, 3.8) is 0 Å². The summed E-state index contributed by atoms with van der Waals surface area (Å²) >= 11 is 6.50. The molecule has 2 aliphatic rings. The number of nitrogens with zero attached hydrogens (tertiary/aromatic N) is 4. The van der Waals surface area contributed by atoms with Crippen LogP contribution in [0.25, 0.3) is 6.08 Å². The molecule has 0 saturated carbocycles. The van der Waals surface area contributed by atoms with Crippen LogP contribution in [0.5, 0.6) is 0 Å². The average Bonchev–Trinajstić information content (AvgIpc) is 3.40. The molecule has 7 nitrogen and oxygen atoms in total. The number of thiocarbonyl (C=S) groups is 1. The van der Waals surface area contributed by atoms with Crippen LogP contribution in [0.1, 0.15) is 36.6 Å². The number of rotatable bonds is 4. The van der Waals surface area contributed by atoms with E-state index in [4.69, 9.17) is 21.1 Å². The molecule has 0 N–H and O–H groups in total. The van der Waals surface area contributed by atoms with Gasteiger partial charge in [-0.05, 0) is 31.4 Å². The summed E-state index contributed by atoms with van der Waals surface area (Å²) in [5.74, 6) is 1.15. The molecule has 4 heterocycles. The zero-order valence-corrected chi connectivity index (χ0v) is 16.0. The first-order valence-electron chi connectivity index (χ1n) is 8.59. The number of anilines is 1. The molecule has 0 unspecified atom stereocenters. The van der Waals surface area contributed by atoms with Crippen LogP contribution in [0.2, 0.25) is 0 Å². The molecule has 2 aromatic heterocycles. The van der Waals surface area contributed by atoms with E-state index in [9.17, 15) is 10.1 Å². The molecule has 0 radical (unpaired) electrons. The van der Waals surface area contributed by atoms with Crippen LogP contribution in [-0.4, -0.2) is 33.2 Å². The molecule has 2 aliphatic heterocycles. The smallest absolute Gasteiger partial charge is 0.266 e. The van der Waals surface area contributed by atoms with Gasteiger partial charge in [-0.3, -0.25) is 9.69 Å². The van der Waals surface area contributed by atoms with Crippen molar-refractivity contribution < 1.29 is 13.6 Å². The Hall–Kier alpha value is -2.57. The van der Waals surface area contributed by atoms with E-state index < -0.39 is 0 Å². The van der Waals surface area contributed by atoms with E-state index in [1.54, 1.807) is 24.5 Å². The first-order chi connectivity index (χ1) is 13.2. The zero-order chi connectivity index (χ0) is 18.8. The Kier molecular flexibility index (Phi) is 5.01. The highest BCUT2D eigenvalue weighted by Crippen LogP contribution is 2.34. The molecule has 9 heteroatoms. The van der Waals surface area contributed by atoms with Gasteiger partial charge in [-0.15, -0.1) is 0 Å². The fourth-order valence-electron chi connectivity index (χ4n) is 3.08. The summed E-state index contributed by atoms with van der Waals surface area (Å²) in [6, 6.07) is 5.64. The van der Waals surface area contributed by atoms with Gasteiger partial charge in [0.25, 0.3) is 5.91 Å².